The highest BCUT2D eigenvalue weighted by molar-refractivity contribution is 6.35. The molecule has 3 nitrogen and oxygen atoms in total. The minimum atomic E-state index is 0.617. The molecule has 0 spiro atoms. The minimum absolute atomic E-state index is 0.617. The summed E-state index contributed by atoms with van der Waals surface area (Å²) < 4.78 is 0. The Hall–Kier alpha value is -1.16. The van der Waals surface area contributed by atoms with E-state index in [1.165, 1.54) is 12.0 Å². The lowest BCUT2D eigenvalue weighted by Crippen LogP contribution is -2.29. The smallest absolute Gasteiger partial charge is 0.0761 e. The number of benzene rings is 1. The second-order valence-electron chi connectivity index (χ2n) is 5.12. The molecule has 0 saturated carbocycles. The highest BCUT2D eigenvalue weighted by Gasteiger charge is 2.21. The summed E-state index contributed by atoms with van der Waals surface area (Å²) in [7, 11) is 2.04. The SMILES string of the molecule is CNC1CCN(Cc2ccc(Cl)c3cccnc23)C1. The van der Waals surface area contributed by atoms with Crippen molar-refractivity contribution in [2.75, 3.05) is 20.1 Å². The molecule has 1 saturated heterocycles. The van der Waals surface area contributed by atoms with Gasteiger partial charge >= 0.3 is 0 Å². The molecule has 1 aromatic heterocycles. The number of likely N-dealkylation sites (N-methyl/N-ethyl adjacent to an activating group) is 1. The van der Waals surface area contributed by atoms with E-state index in [4.69, 9.17) is 11.6 Å². The van der Waals surface area contributed by atoms with E-state index < -0.39 is 0 Å². The van der Waals surface area contributed by atoms with Crippen LogP contribution in [0.1, 0.15) is 12.0 Å². The average Bonchev–Trinajstić information content (AvgIpc) is 2.90. The van der Waals surface area contributed by atoms with E-state index in [1.54, 1.807) is 0 Å². The van der Waals surface area contributed by atoms with Gasteiger partial charge in [0, 0.05) is 42.3 Å². The van der Waals surface area contributed by atoms with E-state index in [0.29, 0.717) is 6.04 Å². The maximum atomic E-state index is 6.23. The zero-order valence-corrected chi connectivity index (χ0v) is 11.8. The normalized spacial score (nSPS) is 20.2. The summed E-state index contributed by atoms with van der Waals surface area (Å²) >= 11 is 6.23. The molecule has 4 heteroatoms. The molecule has 100 valence electrons. The summed E-state index contributed by atoms with van der Waals surface area (Å²) in [5.41, 5.74) is 2.29. The second kappa shape index (κ2) is 5.45. The van der Waals surface area contributed by atoms with E-state index in [-0.39, 0.29) is 0 Å². The molecule has 1 unspecified atom stereocenters. The Kier molecular flexibility index (Phi) is 3.69. The molecule has 2 heterocycles. The third-order valence-electron chi connectivity index (χ3n) is 3.87. The lowest BCUT2D eigenvalue weighted by molar-refractivity contribution is 0.323. The first-order chi connectivity index (χ1) is 9.28. The summed E-state index contributed by atoms with van der Waals surface area (Å²) in [6, 6.07) is 8.67. The van der Waals surface area contributed by atoms with Crippen LogP contribution in [0.15, 0.2) is 30.5 Å². The van der Waals surface area contributed by atoms with Crippen molar-refractivity contribution < 1.29 is 0 Å². The molecule has 0 radical (unpaired) electrons. The van der Waals surface area contributed by atoms with Gasteiger partial charge in [-0.2, -0.15) is 0 Å². The Balaban J connectivity index is 1.87. The monoisotopic (exact) mass is 275 g/mol. The Morgan fingerprint density at radius 3 is 3.11 bits per heavy atom. The first-order valence-corrected chi connectivity index (χ1v) is 7.07. The van der Waals surface area contributed by atoms with Crippen LogP contribution in [0.5, 0.6) is 0 Å². The molecule has 1 aliphatic rings. The van der Waals surface area contributed by atoms with Gasteiger partial charge in [0.15, 0.2) is 0 Å². The fraction of sp³-hybridized carbons (Fsp3) is 0.400. The molecule has 1 N–H and O–H groups in total. The van der Waals surface area contributed by atoms with E-state index in [2.05, 4.69) is 21.3 Å². The Bertz CT molecular complexity index is 585. The molecule has 19 heavy (non-hydrogen) atoms. The maximum absolute atomic E-state index is 6.23. The van der Waals surface area contributed by atoms with Crippen molar-refractivity contribution in [3.63, 3.8) is 0 Å². The first-order valence-electron chi connectivity index (χ1n) is 6.69. The Morgan fingerprint density at radius 2 is 2.32 bits per heavy atom. The minimum Gasteiger partial charge on any atom is -0.316 e. The van der Waals surface area contributed by atoms with Crippen molar-refractivity contribution in [2.45, 2.75) is 19.0 Å². The highest BCUT2D eigenvalue weighted by Crippen LogP contribution is 2.26. The van der Waals surface area contributed by atoms with E-state index in [1.807, 2.05) is 31.4 Å². The zero-order chi connectivity index (χ0) is 13.2. The number of nitrogens with zero attached hydrogens (tertiary/aromatic N) is 2. The number of fused-ring (bicyclic) bond motifs is 1. The van der Waals surface area contributed by atoms with E-state index in [9.17, 15) is 0 Å². The zero-order valence-electron chi connectivity index (χ0n) is 11.1. The van der Waals surface area contributed by atoms with Gasteiger partial charge in [-0.1, -0.05) is 17.7 Å². The molecule has 1 aromatic carbocycles. The van der Waals surface area contributed by atoms with Crippen LogP contribution in [0.25, 0.3) is 10.9 Å². The number of nitrogens with one attached hydrogen (secondary N) is 1. The first kappa shape index (κ1) is 12.9. The van der Waals surface area contributed by atoms with Crippen LogP contribution in [-0.2, 0) is 6.54 Å². The van der Waals surface area contributed by atoms with Gasteiger partial charge in [0.05, 0.1) is 5.52 Å². The molecule has 0 aliphatic carbocycles. The molecular weight excluding hydrogens is 258 g/mol. The number of halogens is 1. The Labute approximate surface area is 118 Å². The van der Waals surface area contributed by atoms with E-state index >= 15 is 0 Å². The van der Waals surface area contributed by atoms with Crippen molar-refractivity contribution >= 4 is 22.5 Å². The predicted molar refractivity (Wildman–Crippen MR) is 79.5 cm³/mol. The number of hydrogen-bond donors (Lipinski definition) is 1. The summed E-state index contributed by atoms with van der Waals surface area (Å²) in [6.07, 6.45) is 3.05. The van der Waals surface area contributed by atoms with Crippen LogP contribution >= 0.6 is 11.6 Å². The number of pyridine rings is 1. The van der Waals surface area contributed by atoms with Gasteiger partial charge in [-0.3, -0.25) is 9.88 Å². The number of aromatic nitrogens is 1. The summed E-state index contributed by atoms with van der Waals surface area (Å²) in [4.78, 5) is 6.97. The van der Waals surface area contributed by atoms with E-state index in [0.717, 1.165) is 35.6 Å². The highest BCUT2D eigenvalue weighted by atomic mass is 35.5. The van der Waals surface area contributed by atoms with Gasteiger partial charge in [-0.25, -0.2) is 0 Å². The molecule has 1 atom stereocenters. The van der Waals surface area contributed by atoms with Crippen molar-refractivity contribution in [1.29, 1.82) is 0 Å². The fourth-order valence-corrected chi connectivity index (χ4v) is 2.99. The third kappa shape index (κ3) is 2.59. The lowest BCUT2D eigenvalue weighted by atomic mass is 10.1. The molecule has 1 fully saturated rings. The van der Waals surface area contributed by atoms with Crippen LogP contribution in [0, 0.1) is 0 Å². The van der Waals surface area contributed by atoms with Gasteiger partial charge in [-0.15, -0.1) is 0 Å². The molecule has 0 bridgehead atoms. The van der Waals surface area contributed by atoms with Gasteiger partial charge in [0.25, 0.3) is 0 Å². The molecule has 0 amide bonds. The molecule has 1 aliphatic heterocycles. The Morgan fingerprint density at radius 1 is 1.42 bits per heavy atom. The molecule has 2 aromatic rings. The standard InChI is InChI=1S/C15H18ClN3/c1-17-12-6-8-19(10-12)9-11-4-5-14(16)13-3-2-7-18-15(11)13/h2-5,7,12,17H,6,8-10H2,1H3. The van der Waals surface area contributed by atoms with Gasteiger partial charge < -0.3 is 5.32 Å². The topological polar surface area (TPSA) is 28.2 Å². The van der Waals surface area contributed by atoms with Crippen LogP contribution in [0.4, 0.5) is 0 Å². The van der Waals surface area contributed by atoms with Crippen LogP contribution in [-0.4, -0.2) is 36.1 Å². The van der Waals surface area contributed by atoms with Crippen molar-refractivity contribution in [3.05, 3.63) is 41.0 Å². The number of likely N-dealkylation sites (tertiary alicyclic amines) is 1. The number of hydrogen-bond acceptors (Lipinski definition) is 3. The second-order valence-corrected chi connectivity index (χ2v) is 5.52. The van der Waals surface area contributed by atoms with Crippen molar-refractivity contribution in [1.82, 2.24) is 15.2 Å². The van der Waals surface area contributed by atoms with Crippen LogP contribution < -0.4 is 5.32 Å². The lowest BCUT2D eigenvalue weighted by Gasteiger charge is -2.17. The maximum Gasteiger partial charge on any atom is 0.0761 e. The summed E-state index contributed by atoms with van der Waals surface area (Å²) in [5, 5.41) is 5.17. The third-order valence-corrected chi connectivity index (χ3v) is 4.20. The predicted octanol–water partition coefficient (Wildman–Crippen LogP) is 2.68. The van der Waals surface area contributed by atoms with Gasteiger partial charge in [0.1, 0.15) is 0 Å². The average molecular weight is 276 g/mol. The van der Waals surface area contributed by atoms with Crippen LogP contribution in [0.2, 0.25) is 5.02 Å². The van der Waals surface area contributed by atoms with Gasteiger partial charge in [-0.05, 0) is 37.2 Å². The molecule has 3 rings (SSSR count). The fourth-order valence-electron chi connectivity index (χ4n) is 2.78. The summed E-state index contributed by atoms with van der Waals surface area (Å²) in [5.74, 6) is 0. The van der Waals surface area contributed by atoms with Crippen LogP contribution in [0.3, 0.4) is 0 Å². The van der Waals surface area contributed by atoms with Crippen molar-refractivity contribution in [3.8, 4) is 0 Å². The van der Waals surface area contributed by atoms with Gasteiger partial charge in [0.2, 0.25) is 0 Å². The quantitative estimate of drug-likeness (QED) is 0.934. The number of rotatable bonds is 3. The largest absolute Gasteiger partial charge is 0.316 e. The summed E-state index contributed by atoms with van der Waals surface area (Å²) in [6.45, 7) is 3.19. The van der Waals surface area contributed by atoms with Crippen molar-refractivity contribution in [2.24, 2.45) is 0 Å². The molecular formula is C15H18ClN3.